The number of rotatable bonds is 4. The first-order valence-corrected chi connectivity index (χ1v) is 10.6. The molecule has 1 N–H and O–H groups in total. The van der Waals surface area contributed by atoms with Gasteiger partial charge < -0.3 is 19.5 Å². The third kappa shape index (κ3) is 3.80. The Morgan fingerprint density at radius 2 is 1.72 bits per heavy atom. The smallest absolute Gasteiger partial charge is 0.272 e. The number of methoxy groups -OCH3 is 1. The molecule has 0 aliphatic carbocycles. The van der Waals surface area contributed by atoms with Crippen LogP contribution < -0.4 is 4.74 Å². The fraction of sp³-hybridized carbons (Fsp3) is 0.250. The lowest BCUT2D eigenvalue weighted by Crippen LogP contribution is -2.47. The molecule has 32 heavy (non-hydrogen) atoms. The molecule has 4 heterocycles. The molecule has 1 amide bonds. The van der Waals surface area contributed by atoms with Crippen molar-refractivity contribution in [2.24, 2.45) is 0 Å². The van der Waals surface area contributed by atoms with Gasteiger partial charge in [-0.2, -0.15) is 0 Å². The van der Waals surface area contributed by atoms with E-state index in [2.05, 4.69) is 26.9 Å². The highest BCUT2D eigenvalue weighted by Crippen LogP contribution is 2.29. The highest BCUT2D eigenvalue weighted by atomic mass is 16.5. The zero-order valence-corrected chi connectivity index (χ0v) is 18.1. The largest absolute Gasteiger partial charge is 0.497 e. The summed E-state index contributed by atoms with van der Waals surface area (Å²) in [6, 6.07) is 13.4. The Kier molecular flexibility index (Phi) is 5.28. The SMILES string of the molecule is COc1ccc(-c2ccnc3[nH]c(-c4ccnc(C(=O)N5CCN(C)CC5)c4)nc23)cc1. The number of likely N-dealkylation sites (N-methyl/N-ethyl adjacent to an activating group) is 1. The first kappa shape index (κ1) is 20.1. The number of fused-ring (bicyclic) bond motifs is 1. The molecular formula is C24H24N6O2. The summed E-state index contributed by atoms with van der Waals surface area (Å²) >= 11 is 0. The molecule has 0 atom stereocenters. The van der Waals surface area contributed by atoms with Crippen LogP contribution in [0.4, 0.5) is 0 Å². The van der Waals surface area contributed by atoms with Gasteiger partial charge in [-0.15, -0.1) is 0 Å². The van der Waals surface area contributed by atoms with Crippen LogP contribution in [0.25, 0.3) is 33.7 Å². The van der Waals surface area contributed by atoms with E-state index in [0.717, 1.165) is 41.0 Å². The summed E-state index contributed by atoms with van der Waals surface area (Å²) in [5, 5.41) is 0. The maximum Gasteiger partial charge on any atom is 0.272 e. The number of benzene rings is 1. The first-order chi connectivity index (χ1) is 15.6. The van der Waals surface area contributed by atoms with E-state index in [9.17, 15) is 4.79 Å². The van der Waals surface area contributed by atoms with E-state index >= 15 is 0 Å². The van der Waals surface area contributed by atoms with Crippen LogP contribution in [0.2, 0.25) is 0 Å². The molecule has 0 spiro atoms. The summed E-state index contributed by atoms with van der Waals surface area (Å²) in [6.07, 6.45) is 3.42. The quantitative estimate of drug-likeness (QED) is 0.538. The summed E-state index contributed by atoms with van der Waals surface area (Å²) in [5.41, 5.74) is 4.69. The number of carbonyl (C=O) groups excluding carboxylic acids is 1. The zero-order valence-electron chi connectivity index (χ0n) is 18.1. The number of amides is 1. The van der Waals surface area contributed by atoms with Crippen LogP contribution in [-0.2, 0) is 0 Å². The number of ether oxygens (including phenoxy) is 1. The minimum Gasteiger partial charge on any atom is -0.497 e. The number of nitrogens with zero attached hydrogens (tertiary/aromatic N) is 5. The molecule has 0 radical (unpaired) electrons. The molecule has 5 rings (SSSR count). The van der Waals surface area contributed by atoms with Gasteiger partial charge in [0.1, 0.15) is 22.8 Å². The van der Waals surface area contributed by atoms with E-state index in [0.29, 0.717) is 30.3 Å². The Morgan fingerprint density at radius 3 is 2.47 bits per heavy atom. The lowest BCUT2D eigenvalue weighted by Gasteiger charge is -2.32. The fourth-order valence-electron chi connectivity index (χ4n) is 3.92. The summed E-state index contributed by atoms with van der Waals surface area (Å²) in [4.78, 5) is 33.9. The number of carbonyl (C=O) groups is 1. The van der Waals surface area contributed by atoms with Gasteiger partial charge in [-0.1, -0.05) is 12.1 Å². The molecule has 1 aliphatic heterocycles. The molecule has 4 aromatic rings. The normalized spacial score (nSPS) is 14.6. The summed E-state index contributed by atoms with van der Waals surface area (Å²) in [7, 11) is 3.72. The van der Waals surface area contributed by atoms with Gasteiger partial charge in [0.15, 0.2) is 5.65 Å². The fourth-order valence-corrected chi connectivity index (χ4v) is 3.92. The van der Waals surface area contributed by atoms with Crippen molar-refractivity contribution in [1.82, 2.24) is 29.7 Å². The number of H-pyrrole nitrogens is 1. The van der Waals surface area contributed by atoms with E-state index in [4.69, 9.17) is 9.72 Å². The van der Waals surface area contributed by atoms with Gasteiger partial charge in [-0.25, -0.2) is 9.97 Å². The molecule has 162 valence electrons. The van der Waals surface area contributed by atoms with Gasteiger partial charge in [0, 0.05) is 49.7 Å². The Bertz CT molecular complexity index is 1260. The third-order valence-corrected chi connectivity index (χ3v) is 5.83. The van der Waals surface area contributed by atoms with Crippen molar-refractivity contribution in [1.29, 1.82) is 0 Å². The third-order valence-electron chi connectivity index (χ3n) is 5.83. The van der Waals surface area contributed by atoms with Crippen LogP contribution in [0.1, 0.15) is 10.5 Å². The van der Waals surface area contributed by atoms with Crippen LogP contribution in [-0.4, -0.2) is 76.0 Å². The number of pyridine rings is 2. The Balaban J connectivity index is 1.47. The van der Waals surface area contributed by atoms with Crippen molar-refractivity contribution in [3.05, 3.63) is 60.6 Å². The molecule has 0 saturated carbocycles. The number of hydrogen-bond acceptors (Lipinski definition) is 6. The predicted octanol–water partition coefficient (Wildman–Crippen LogP) is 3.08. The molecule has 1 aliphatic rings. The van der Waals surface area contributed by atoms with Crippen LogP contribution in [0.15, 0.2) is 54.9 Å². The number of imidazole rings is 1. The molecule has 8 heteroatoms. The average Bonchev–Trinajstić information content (AvgIpc) is 3.29. The predicted molar refractivity (Wildman–Crippen MR) is 123 cm³/mol. The highest BCUT2D eigenvalue weighted by Gasteiger charge is 2.22. The number of nitrogens with one attached hydrogen (secondary N) is 1. The van der Waals surface area contributed by atoms with Crippen molar-refractivity contribution in [3.8, 4) is 28.3 Å². The molecule has 1 saturated heterocycles. The standard InChI is InChI=1S/C24H24N6O2/c1-29-11-13-30(14-12-29)24(31)20-15-17(7-9-25-20)22-27-21-19(8-10-26-23(21)28-22)16-3-5-18(32-2)6-4-16/h3-10,15H,11-14H2,1-2H3,(H,26,27,28). The minimum atomic E-state index is -0.0480. The van der Waals surface area contributed by atoms with Crippen LogP contribution in [0.3, 0.4) is 0 Å². The second-order valence-electron chi connectivity index (χ2n) is 7.89. The van der Waals surface area contributed by atoms with Crippen molar-refractivity contribution in [3.63, 3.8) is 0 Å². The first-order valence-electron chi connectivity index (χ1n) is 10.6. The second kappa shape index (κ2) is 8.39. The summed E-state index contributed by atoms with van der Waals surface area (Å²) in [6.45, 7) is 3.16. The Hall–Kier alpha value is -3.78. The van der Waals surface area contributed by atoms with Crippen molar-refractivity contribution < 1.29 is 9.53 Å². The maximum absolute atomic E-state index is 12.9. The molecule has 0 bridgehead atoms. The monoisotopic (exact) mass is 428 g/mol. The van der Waals surface area contributed by atoms with Gasteiger partial charge in [0.25, 0.3) is 5.91 Å². The summed E-state index contributed by atoms with van der Waals surface area (Å²) < 4.78 is 5.26. The number of piperazine rings is 1. The van der Waals surface area contributed by atoms with Crippen molar-refractivity contribution in [2.75, 3.05) is 40.3 Å². The van der Waals surface area contributed by atoms with Crippen molar-refractivity contribution in [2.45, 2.75) is 0 Å². The number of aromatic amines is 1. The Morgan fingerprint density at radius 1 is 0.969 bits per heavy atom. The van der Waals surface area contributed by atoms with Crippen LogP contribution in [0, 0.1) is 0 Å². The Labute approximate surface area is 185 Å². The lowest BCUT2D eigenvalue weighted by molar-refractivity contribution is 0.0658. The highest BCUT2D eigenvalue weighted by molar-refractivity contribution is 5.94. The minimum absolute atomic E-state index is 0.0480. The van der Waals surface area contributed by atoms with Gasteiger partial charge in [-0.3, -0.25) is 9.78 Å². The second-order valence-corrected chi connectivity index (χ2v) is 7.89. The van der Waals surface area contributed by atoms with E-state index in [1.807, 2.05) is 41.3 Å². The molecule has 3 aromatic heterocycles. The maximum atomic E-state index is 12.9. The van der Waals surface area contributed by atoms with Gasteiger partial charge in [-0.05, 0) is 42.9 Å². The number of aromatic nitrogens is 4. The molecule has 8 nitrogen and oxygen atoms in total. The van der Waals surface area contributed by atoms with E-state index in [1.54, 1.807) is 25.6 Å². The molecule has 0 unspecified atom stereocenters. The lowest BCUT2D eigenvalue weighted by atomic mass is 10.1. The average molecular weight is 428 g/mol. The molecular weight excluding hydrogens is 404 g/mol. The van der Waals surface area contributed by atoms with E-state index in [-0.39, 0.29) is 5.91 Å². The van der Waals surface area contributed by atoms with Crippen molar-refractivity contribution >= 4 is 17.1 Å². The van der Waals surface area contributed by atoms with E-state index < -0.39 is 0 Å². The van der Waals surface area contributed by atoms with E-state index in [1.165, 1.54) is 0 Å². The van der Waals surface area contributed by atoms with Crippen LogP contribution in [0.5, 0.6) is 5.75 Å². The summed E-state index contributed by atoms with van der Waals surface area (Å²) in [5.74, 6) is 1.41. The topological polar surface area (TPSA) is 87.2 Å². The van der Waals surface area contributed by atoms with Gasteiger partial charge >= 0.3 is 0 Å². The van der Waals surface area contributed by atoms with Gasteiger partial charge in [0.05, 0.1) is 7.11 Å². The zero-order chi connectivity index (χ0) is 22.1. The van der Waals surface area contributed by atoms with Crippen LogP contribution >= 0.6 is 0 Å². The van der Waals surface area contributed by atoms with Gasteiger partial charge in [0.2, 0.25) is 0 Å². The number of hydrogen-bond donors (Lipinski definition) is 1. The molecule has 1 fully saturated rings. The molecule has 1 aromatic carbocycles.